The second-order valence-corrected chi connectivity index (χ2v) is 9.32. The van der Waals surface area contributed by atoms with E-state index in [1.807, 2.05) is 12.1 Å². The van der Waals surface area contributed by atoms with Gasteiger partial charge < -0.3 is 38.1 Å². The number of benzene rings is 3. The summed E-state index contributed by atoms with van der Waals surface area (Å²) in [6.45, 7) is 0.639. The smallest absolute Gasteiger partial charge is 0.337 e. The van der Waals surface area contributed by atoms with Crippen LogP contribution in [0, 0.1) is 0 Å². The molecule has 3 aromatic rings. The van der Waals surface area contributed by atoms with E-state index in [-0.39, 0.29) is 12.5 Å². The van der Waals surface area contributed by atoms with E-state index in [9.17, 15) is 9.59 Å². The molecule has 1 aliphatic heterocycles. The fourth-order valence-corrected chi connectivity index (χ4v) is 4.91. The van der Waals surface area contributed by atoms with Crippen LogP contribution in [0.4, 0.5) is 0 Å². The van der Waals surface area contributed by atoms with E-state index in [0.29, 0.717) is 58.6 Å². The van der Waals surface area contributed by atoms with Crippen molar-refractivity contribution in [2.75, 3.05) is 55.8 Å². The molecule has 4 rings (SSSR count). The molecule has 1 atom stereocenters. The highest BCUT2D eigenvalue weighted by atomic mass is 16.5. The minimum absolute atomic E-state index is 0.170. The quantitative estimate of drug-likeness (QED) is 0.236. The van der Waals surface area contributed by atoms with Crippen LogP contribution in [-0.4, -0.2) is 72.6 Å². The van der Waals surface area contributed by atoms with Gasteiger partial charge in [0.05, 0.1) is 54.3 Å². The van der Waals surface area contributed by atoms with Gasteiger partial charge in [-0.15, -0.1) is 0 Å². The zero-order valence-corrected chi connectivity index (χ0v) is 24.6. The molecule has 222 valence electrons. The summed E-state index contributed by atoms with van der Waals surface area (Å²) >= 11 is 0. The number of esters is 1. The number of nitrogens with zero attached hydrogens (tertiary/aromatic N) is 1. The molecule has 10 nitrogen and oxygen atoms in total. The summed E-state index contributed by atoms with van der Waals surface area (Å²) in [6, 6.07) is 13.6. The third kappa shape index (κ3) is 6.38. The SMILES string of the molecule is COC(=O)c1ccc(OCC2c3cc(OC)c(OC)cc3CCN2C(=O)/C=C/c2cc(OC)c(OC)c(OC)c2)cc1. The molecule has 0 aliphatic carbocycles. The number of rotatable bonds is 11. The average molecular weight is 578 g/mol. The van der Waals surface area contributed by atoms with E-state index in [0.717, 1.165) is 11.1 Å². The first kappa shape index (κ1) is 30.1. The van der Waals surface area contributed by atoms with Gasteiger partial charge in [-0.25, -0.2) is 4.79 Å². The monoisotopic (exact) mass is 577 g/mol. The van der Waals surface area contributed by atoms with Crippen molar-refractivity contribution >= 4 is 18.0 Å². The molecule has 1 heterocycles. The predicted octanol–water partition coefficient (Wildman–Crippen LogP) is 4.73. The Morgan fingerprint density at radius 1 is 0.810 bits per heavy atom. The number of ether oxygens (including phenoxy) is 7. The lowest BCUT2D eigenvalue weighted by Gasteiger charge is -2.37. The van der Waals surface area contributed by atoms with Crippen LogP contribution in [0.2, 0.25) is 0 Å². The summed E-state index contributed by atoms with van der Waals surface area (Å²) in [5, 5.41) is 0. The van der Waals surface area contributed by atoms with Gasteiger partial charge in [-0.2, -0.15) is 0 Å². The van der Waals surface area contributed by atoms with E-state index in [1.165, 1.54) is 34.5 Å². The molecule has 42 heavy (non-hydrogen) atoms. The van der Waals surface area contributed by atoms with E-state index in [4.69, 9.17) is 33.2 Å². The molecule has 0 bridgehead atoms. The normalized spacial score (nSPS) is 14.1. The topological polar surface area (TPSA) is 102 Å². The van der Waals surface area contributed by atoms with Crippen molar-refractivity contribution in [3.05, 3.63) is 76.9 Å². The Balaban J connectivity index is 1.64. The molecule has 0 saturated carbocycles. The van der Waals surface area contributed by atoms with Crippen LogP contribution >= 0.6 is 0 Å². The van der Waals surface area contributed by atoms with Crippen molar-refractivity contribution < 1.29 is 42.7 Å². The number of carbonyl (C=O) groups excluding carboxylic acids is 2. The summed E-state index contributed by atoms with van der Waals surface area (Å²) in [5.41, 5.74) is 3.07. The Labute approximate surface area is 245 Å². The summed E-state index contributed by atoms with van der Waals surface area (Å²) in [6.07, 6.45) is 3.86. The van der Waals surface area contributed by atoms with E-state index in [2.05, 4.69) is 0 Å². The highest BCUT2D eigenvalue weighted by Crippen LogP contribution is 2.40. The van der Waals surface area contributed by atoms with Gasteiger partial charge in [0.25, 0.3) is 0 Å². The van der Waals surface area contributed by atoms with E-state index >= 15 is 0 Å². The summed E-state index contributed by atoms with van der Waals surface area (Å²) in [4.78, 5) is 27.2. The molecule has 1 aliphatic rings. The molecule has 3 aromatic carbocycles. The van der Waals surface area contributed by atoms with Crippen molar-refractivity contribution in [3.8, 4) is 34.5 Å². The van der Waals surface area contributed by atoms with Crippen molar-refractivity contribution in [2.45, 2.75) is 12.5 Å². The van der Waals surface area contributed by atoms with Crippen LogP contribution < -0.4 is 28.4 Å². The van der Waals surface area contributed by atoms with Crippen LogP contribution in [-0.2, 0) is 16.0 Å². The van der Waals surface area contributed by atoms with Crippen LogP contribution in [0.1, 0.15) is 33.1 Å². The van der Waals surface area contributed by atoms with Gasteiger partial charge in [0.2, 0.25) is 11.7 Å². The number of carbonyl (C=O) groups is 2. The molecule has 10 heteroatoms. The van der Waals surface area contributed by atoms with Gasteiger partial charge in [0.1, 0.15) is 12.4 Å². The van der Waals surface area contributed by atoms with Gasteiger partial charge in [-0.1, -0.05) is 0 Å². The van der Waals surface area contributed by atoms with Crippen LogP contribution in [0.25, 0.3) is 6.08 Å². The largest absolute Gasteiger partial charge is 0.493 e. The van der Waals surface area contributed by atoms with Gasteiger partial charge in [0, 0.05) is 12.6 Å². The molecular weight excluding hydrogens is 542 g/mol. The van der Waals surface area contributed by atoms with Gasteiger partial charge in [-0.05, 0) is 77.7 Å². The fourth-order valence-electron chi connectivity index (χ4n) is 4.91. The molecule has 0 fully saturated rings. The van der Waals surface area contributed by atoms with E-state index in [1.54, 1.807) is 61.6 Å². The van der Waals surface area contributed by atoms with Crippen LogP contribution in [0.5, 0.6) is 34.5 Å². The number of fused-ring (bicyclic) bond motifs is 1. The molecular formula is C32H35NO9. The number of methoxy groups -OCH3 is 6. The second-order valence-electron chi connectivity index (χ2n) is 9.32. The lowest BCUT2D eigenvalue weighted by atomic mass is 9.92. The Kier molecular flexibility index (Phi) is 9.80. The van der Waals surface area contributed by atoms with Gasteiger partial charge >= 0.3 is 5.97 Å². The summed E-state index contributed by atoms with van der Waals surface area (Å²) in [5.74, 6) is 2.55. The first-order valence-corrected chi connectivity index (χ1v) is 13.2. The highest BCUT2D eigenvalue weighted by molar-refractivity contribution is 5.92. The lowest BCUT2D eigenvalue weighted by molar-refractivity contribution is -0.129. The van der Waals surface area contributed by atoms with Crippen molar-refractivity contribution in [2.24, 2.45) is 0 Å². The maximum Gasteiger partial charge on any atom is 0.337 e. The average Bonchev–Trinajstić information content (AvgIpc) is 3.04. The molecule has 0 spiro atoms. The Morgan fingerprint density at radius 2 is 1.43 bits per heavy atom. The van der Waals surface area contributed by atoms with Gasteiger partial charge in [0.15, 0.2) is 23.0 Å². The minimum atomic E-state index is -0.431. The van der Waals surface area contributed by atoms with Crippen LogP contribution in [0.3, 0.4) is 0 Å². The molecule has 0 radical (unpaired) electrons. The lowest BCUT2D eigenvalue weighted by Crippen LogP contribution is -2.41. The fraction of sp³-hybridized carbons (Fsp3) is 0.312. The maximum absolute atomic E-state index is 13.7. The Morgan fingerprint density at radius 3 is 2.00 bits per heavy atom. The minimum Gasteiger partial charge on any atom is -0.493 e. The van der Waals surface area contributed by atoms with Crippen molar-refractivity contribution in [3.63, 3.8) is 0 Å². The second kappa shape index (κ2) is 13.7. The first-order chi connectivity index (χ1) is 20.4. The summed E-state index contributed by atoms with van der Waals surface area (Å²) in [7, 11) is 9.11. The Hall–Kier alpha value is -4.86. The first-order valence-electron chi connectivity index (χ1n) is 13.2. The van der Waals surface area contributed by atoms with Crippen LogP contribution in [0.15, 0.2) is 54.6 Å². The highest BCUT2D eigenvalue weighted by Gasteiger charge is 2.32. The molecule has 1 amide bonds. The third-order valence-corrected chi connectivity index (χ3v) is 7.07. The van der Waals surface area contributed by atoms with Crippen molar-refractivity contribution in [1.82, 2.24) is 4.90 Å². The third-order valence-electron chi connectivity index (χ3n) is 7.07. The summed E-state index contributed by atoms with van der Waals surface area (Å²) < 4.78 is 38.3. The molecule has 0 aromatic heterocycles. The molecule has 0 N–H and O–H groups in total. The Bertz CT molecular complexity index is 1420. The molecule has 0 saturated heterocycles. The number of hydrogen-bond donors (Lipinski definition) is 0. The van der Waals surface area contributed by atoms with Crippen molar-refractivity contribution in [1.29, 1.82) is 0 Å². The zero-order chi connectivity index (χ0) is 30.2. The molecule has 1 unspecified atom stereocenters. The van der Waals surface area contributed by atoms with Gasteiger partial charge in [-0.3, -0.25) is 4.79 Å². The zero-order valence-electron chi connectivity index (χ0n) is 24.6. The maximum atomic E-state index is 13.7. The number of amides is 1. The standard InChI is InChI=1S/C32H35NO9/c1-36-26-17-22-13-14-33(30(34)12-7-20-15-28(38-3)31(40-5)29(16-20)39-4)25(24(22)18-27(26)37-2)19-42-23-10-8-21(9-11-23)32(35)41-6/h7-12,15-18,25H,13-14,19H2,1-6H3/b12-7+. The predicted molar refractivity (Wildman–Crippen MR) is 156 cm³/mol. The number of hydrogen-bond acceptors (Lipinski definition) is 9. The van der Waals surface area contributed by atoms with E-state index < -0.39 is 12.0 Å².